The number of aliphatic hydroxyl groups is 2. The summed E-state index contributed by atoms with van der Waals surface area (Å²) in [5.41, 5.74) is 0. The normalized spacial score (nSPS) is 12.6. The molecule has 6 heteroatoms. The third-order valence-corrected chi connectivity index (χ3v) is 13.1. The highest BCUT2D eigenvalue weighted by Crippen LogP contribution is 2.17. The maximum atomic E-state index is 12.4. The Balaban J connectivity index is 3.36. The van der Waals surface area contributed by atoms with Gasteiger partial charge in [0.15, 0.2) is 0 Å². The number of hydrogen-bond acceptors (Lipinski definition) is 5. The van der Waals surface area contributed by atoms with Crippen LogP contribution in [-0.2, 0) is 14.3 Å². The first-order chi connectivity index (χ1) is 30.5. The molecule has 0 aromatic rings. The van der Waals surface area contributed by atoms with E-state index in [1.165, 1.54) is 244 Å². The van der Waals surface area contributed by atoms with Gasteiger partial charge >= 0.3 is 5.97 Å². The van der Waals surface area contributed by atoms with Gasteiger partial charge in [-0.1, -0.05) is 276 Å². The van der Waals surface area contributed by atoms with Gasteiger partial charge < -0.3 is 20.3 Å². The van der Waals surface area contributed by atoms with Crippen LogP contribution in [0.5, 0.6) is 0 Å². The van der Waals surface area contributed by atoms with E-state index in [1.54, 1.807) is 6.08 Å². The summed E-state index contributed by atoms with van der Waals surface area (Å²) in [5, 5.41) is 22.9. The zero-order chi connectivity index (χ0) is 45.1. The van der Waals surface area contributed by atoms with E-state index in [1.807, 2.05) is 6.08 Å². The number of amides is 1. The fraction of sp³-hybridized carbons (Fsp3) is 0.929. The molecule has 0 radical (unpaired) electrons. The summed E-state index contributed by atoms with van der Waals surface area (Å²) in [6.07, 6.45) is 61.0. The molecule has 1 amide bonds. The Morgan fingerprint density at radius 2 is 0.742 bits per heavy atom. The summed E-state index contributed by atoms with van der Waals surface area (Å²) in [7, 11) is 0. The number of allylic oxidation sites excluding steroid dienone is 1. The topological polar surface area (TPSA) is 95.9 Å². The van der Waals surface area contributed by atoms with Crippen molar-refractivity contribution in [2.75, 3.05) is 13.2 Å². The molecule has 62 heavy (non-hydrogen) atoms. The molecule has 2 atom stereocenters. The number of carbonyl (C=O) groups excluding carboxylic acids is 2. The Bertz CT molecular complexity index is 924. The summed E-state index contributed by atoms with van der Waals surface area (Å²) in [6.45, 7) is 4.89. The third-order valence-electron chi connectivity index (χ3n) is 13.1. The lowest BCUT2D eigenvalue weighted by atomic mass is 10.0. The minimum absolute atomic E-state index is 0.0123. The van der Waals surface area contributed by atoms with Crippen LogP contribution in [0.2, 0.25) is 0 Å². The van der Waals surface area contributed by atoms with E-state index in [2.05, 4.69) is 19.2 Å². The first-order valence-electron chi connectivity index (χ1n) is 28.0. The van der Waals surface area contributed by atoms with Crippen molar-refractivity contribution >= 4 is 11.9 Å². The van der Waals surface area contributed by atoms with Crippen molar-refractivity contribution in [1.29, 1.82) is 0 Å². The monoisotopic (exact) mass is 876 g/mol. The molecular weight excluding hydrogens is 767 g/mol. The Kier molecular flexibility index (Phi) is 51.0. The van der Waals surface area contributed by atoms with E-state index < -0.39 is 12.1 Å². The Hall–Kier alpha value is -1.40. The molecule has 0 spiro atoms. The maximum Gasteiger partial charge on any atom is 0.305 e. The van der Waals surface area contributed by atoms with Crippen LogP contribution in [0.1, 0.15) is 309 Å². The molecule has 3 N–H and O–H groups in total. The van der Waals surface area contributed by atoms with Crippen molar-refractivity contribution in [1.82, 2.24) is 5.32 Å². The second kappa shape index (κ2) is 52.2. The Labute approximate surface area is 387 Å². The van der Waals surface area contributed by atoms with Crippen molar-refractivity contribution in [3.05, 3.63) is 12.2 Å². The summed E-state index contributed by atoms with van der Waals surface area (Å²) in [5.74, 6) is -0.0603. The van der Waals surface area contributed by atoms with Gasteiger partial charge in [0, 0.05) is 12.8 Å². The molecule has 0 saturated heterocycles. The van der Waals surface area contributed by atoms with Gasteiger partial charge in [-0.2, -0.15) is 0 Å². The van der Waals surface area contributed by atoms with Crippen LogP contribution in [0.25, 0.3) is 0 Å². The molecule has 0 fully saturated rings. The molecule has 0 bridgehead atoms. The number of esters is 1. The zero-order valence-electron chi connectivity index (χ0n) is 41.9. The van der Waals surface area contributed by atoms with Crippen LogP contribution in [-0.4, -0.2) is 47.4 Å². The van der Waals surface area contributed by atoms with E-state index in [0.29, 0.717) is 19.4 Å². The van der Waals surface area contributed by atoms with Gasteiger partial charge in [-0.3, -0.25) is 9.59 Å². The van der Waals surface area contributed by atoms with Gasteiger partial charge in [0.25, 0.3) is 0 Å². The van der Waals surface area contributed by atoms with Crippen LogP contribution in [0.4, 0.5) is 0 Å². The highest BCUT2D eigenvalue weighted by molar-refractivity contribution is 5.76. The van der Waals surface area contributed by atoms with Crippen molar-refractivity contribution < 1.29 is 24.5 Å². The van der Waals surface area contributed by atoms with Gasteiger partial charge in [-0.25, -0.2) is 0 Å². The highest BCUT2D eigenvalue weighted by atomic mass is 16.5. The van der Waals surface area contributed by atoms with Crippen molar-refractivity contribution in [3.8, 4) is 0 Å². The van der Waals surface area contributed by atoms with Crippen molar-refractivity contribution in [3.63, 3.8) is 0 Å². The lowest BCUT2D eigenvalue weighted by Crippen LogP contribution is -2.45. The fourth-order valence-electron chi connectivity index (χ4n) is 8.75. The molecule has 368 valence electrons. The summed E-state index contributed by atoms with van der Waals surface area (Å²) in [6, 6.07) is -0.627. The molecule has 2 unspecified atom stereocenters. The van der Waals surface area contributed by atoms with Crippen LogP contribution in [0.15, 0.2) is 12.2 Å². The lowest BCUT2D eigenvalue weighted by Gasteiger charge is -2.20. The second-order valence-corrected chi connectivity index (χ2v) is 19.3. The van der Waals surface area contributed by atoms with Crippen LogP contribution < -0.4 is 5.32 Å². The molecule has 0 aromatic heterocycles. The number of hydrogen-bond donors (Lipinski definition) is 3. The van der Waals surface area contributed by atoms with E-state index in [4.69, 9.17) is 4.74 Å². The first kappa shape index (κ1) is 60.6. The van der Waals surface area contributed by atoms with Crippen molar-refractivity contribution in [2.45, 2.75) is 321 Å². The Morgan fingerprint density at radius 3 is 1.10 bits per heavy atom. The number of aliphatic hydroxyl groups excluding tert-OH is 2. The van der Waals surface area contributed by atoms with E-state index in [-0.39, 0.29) is 18.5 Å². The summed E-state index contributed by atoms with van der Waals surface area (Å²) >= 11 is 0. The average Bonchev–Trinajstić information content (AvgIpc) is 3.27. The molecule has 0 aliphatic heterocycles. The summed E-state index contributed by atoms with van der Waals surface area (Å²) < 4.78 is 5.49. The van der Waals surface area contributed by atoms with Crippen LogP contribution >= 0.6 is 0 Å². The minimum Gasteiger partial charge on any atom is -0.466 e. The molecule has 0 rings (SSSR count). The number of carbonyl (C=O) groups is 2. The van der Waals surface area contributed by atoms with Gasteiger partial charge in [-0.15, -0.1) is 0 Å². The standard InChI is InChI=1S/C56H109NO5/c1-3-5-7-9-11-13-14-15-16-20-24-27-30-34-38-42-46-50-56(61)62-51-47-43-39-35-31-28-25-22-19-17-18-21-23-26-29-33-37-41-45-49-55(60)57-53(52-58)54(59)48-44-40-36-32-12-10-8-6-4-2/h44,48,53-54,58-59H,3-43,45-47,49-52H2,1-2H3,(H,57,60)/b48-44+. The van der Waals surface area contributed by atoms with Gasteiger partial charge in [-0.05, 0) is 32.1 Å². The predicted octanol–water partition coefficient (Wildman–Crippen LogP) is 16.9. The van der Waals surface area contributed by atoms with E-state index in [9.17, 15) is 19.8 Å². The van der Waals surface area contributed by atoms with Crippen LogP contribution in [0.3, 0.4) is 0 Å². The van der Waals surface area contributed by atoms with E-state index in [0.717, 1.165) is 38.5 Å². The predicted molar refractivity (Wildman–Crippen MR) is 269 cm³/mol. The number of unbranched alkanes of at least 4 members (excludes halogenated alkanes) is 41. The molecule has 6 nitrogen and oxygen atoms in total. The smallest absolute Gasteiger partial charge is 0.305 e. The largest absolute Gasteiger partial charge is 0.466 e. The summed E-state index contributed by atoms with van der Waals surface area (Å²) in [4.78, 5) is 24.4. The molecule has 0 aromatic carbocycles. The van der Waals surface area contributed by atoms with Gasteiger partial charge in [0.1, 0.15) is 0 Å². The zero-order valence-corrected chi connectivity index (χ0v) is 41.9. The third kappa shape index (κ3) is 48.1. The number of rotatable bonds is 52. The second-order valence-electron chi connectivity index (χ2n) is 19.3. The SMILES string of the molecule is CCCCCCCCC/C=C/C(O)C(CO)NC(=O)CCCCCCCCCCCCCCCCCCCCCOC(=O)CCCCCCCCCCCCCCCCCCC. The Morgan fingerprint density at radius 1 is 0.435 bits per heavy atom. The average molecular weight is 876 g/mol. The highest BCUT2D eigenvalue weighted by Gasteiger charge is 2.18. The molecule has 0 saturated carbocycles. The molecule has 0 aliphatic carbocycles. The van der Waals surface area contributed by atoms with Gasteiger partial charge in [0.05, 0.1) is 25.4 Å². The van der Waals surface area contributed by atoms with Crippen LogP contribution in [0, 0.1) is 0 Å². The first-order valence-corrected chi connectivity index (χ1v) is 28.0. The quantitative estimate of drug-likeness (QED) is 0.0321. The maximum absolute atomic E-state index is 12.4. The molecular formula is C56H109NO5. The van der Waals surface area contributed by atoms with E-state index >= 15 is 0 Å². The van der Waals surface area contributed by atoms with Gasteiger partial charge in [0.2, 0.25) is 5.91 Å². The molecule has 0 aliphatic rings. The molecule has 0 heterocycles. The van der Waals surface area contributed by atoms with Crippen molar-refractivity contribution in [2.24, 2.45) is 0 Å². The number of nitrogens with one attached hydrogen (secondary N) is 1. The fourth-order valence-corrected chi connectivity index (χ4v) is 8.75. The minimum atomic E-state index is -0.843. The number of ether oxygens (including phenoxy) is 1. The lowest BCUT2D eigenvalue weighted by molar-refractivity contribution is -0.143.